The van der Waals surface area contributed by atoms with Crippen molar-refractivity contribution in [3.8, 4) is 12.3 Å². The van der Waals surface area contributed by atoms with Crippen molar-refractivity contribution in [2.24, 2.45) is 0 Å². The van der Waals surface area contributed by atoms with Gasteiger partial charge in [0.25, 0.3) is 0 Å². The number of hydrogen-bond acceptors (Lipinski definition) is 2. The van der Waals surface area contributed by atoms with Crippen LogP contribution < -0.4 is 5.32 Å². The molecule has 0 aromatic heterocycles. The summed E-state index contributed by atoms with van der Waals surface area (Å²) in [6.07, 6.45) is 21.6. The summed E-state index contributed by atoms with van der Waals surface area (Å²) in [7, 11) is 0. The number of nitrogens with one attached hydrogen (secondary N) is 1. The van der Waals surface area contributed by atoms with Gasteiger partial charge in [0.15, 0.2) is 0 Å². The number of benzene rings is 1. The summed E-state index contributed by atoms with van der Waals surface area (Å²) in [6, 6.07) is 8.28. The minimum Gasteiger partial charge on any atom is -0.326 e. The van der Waals surface area contributed by atoms with Gasteiger partial charge in [0.1, 0.15) is 0 Å². The van der Waals surface area contributed by atoms with Gasteiger partial charge >= 0.3 is 0 Å². The molecule has 0 aliphatic carbocycles. The Labute approximate surface area is 177 Å². The van der Waals surface area contributed by atoms with Gasteiger partial charge in [-0.3, -0.25) is 4.79 Å². The molecule has 0 spiro atoms. The third-order valence-electron chi connectivity index (χ3n) is 4.88. The third-order valence-corrected chi connectivity index (χ3v) is 5.98. The maximum Gasteiger partial charge on any atom is 0.224 e. The second kappa shape index (κ2) is 17.7. The fourth-order valence-corrected chi connectivity index (χ4v) is 4.06. The number of thioether (sulfide) groups is 1. The maximum atomic E-state index is 12.1. The molecule has 3 heteroatoms. The molecule has 0 fully saturated rings. The summed E-state index contributed by atoms with van der Waals surface area (Å²) in [5, 5.41) is 3.01. The summed E-state index contributed by atoms with van der Waals surface area (Å²) >= 11 is 1.91. The van der Waals surface area contributed by atoms with E-state index in [9.17, 15) is 4.79 Å². The van der Waals surface area contributed by atoms with Crippen molar-refractivity contribution in [2.45, 2.75) is 102 Å². The number of hydrogen-bond donors (Lipinski definition) is 1. The normalized spacial score (nSPS) is 10.6. The molecule has 1 aromatic rings. The summed E-state index contributed by atoms with van der Waals surface area (Å²) < 4.78 is 0. The van der Waals surface area contributed by atoms with Crippen LogP contribution in [0.15, 0.2) is 29.2 Å². The summed E-state index contributed by atoms with van der Waals surface area (Å²) in [6.45, 7) is 2.26. The first-order chi connectivity index (χ1) is 13.8. The van der Waals surface area contributed by atoms with Gasteiger partial charge in [0, 0.05) is 23.4 Å². The van der Waals surface area contributed by atoms with Crippen LogP contribution in [-0.4, -0.2) is 11.7 Å². The average molecular weight is 402 g/mol. The van der Waals surface area contributed by atoms with E-state index in [-0.39, 0.29) is 5.91 Å². The van der Waals surface area contributed by atoms with Crippen LogP contribution in [0.4, 0.5) is 5.69 Å². The second-order valence-corrected chi connectivity index (χ2v) is 8.68. The Morgan fingerprint density at radius 3 is 2.18 bits per heavy atom. The van der Waals surface area contributed by atoms with Gasteiger partial charge in [-0.05, 0) is 49.3 Å². The fraction of sp³-hybridized carbons (Fsp3) is 0.640. The van der Waals surface area contributed by atoms with Gasteiger partial charge in [0.2, 0.25) is 5.91 Å². The smallest absolute Gasteiger partial charge is 0.224 e. The van der Waals surface area contributed by atoms with E-state index in [1.807, 2.05) is 23.9 Å². The first-order valence-electron chi connectivity index (χ1n) is 11.2. The lowest BCUT2D eigenvalue weighted by Crippen LogP contribution is -2.10. The lowest BCUT2D eigenvalue weighted by Gasteiger charge is -2.07. The minimum absolute atomic E-state index is 0.125. The van der Waals surface area contributed by atoms with Crippen molar-refractivity contribution < 1.29 is 4.79 Å². The molecule has 0 atom stereocenters. The van der Waals surface area contributed by atoms with Crippen molar-refractivity contribution in [3.63, 3.8) is 0 Å². The molecule has 0 radical (unpaired) electrons. The average Bonchev–Trinajstić information content (AvgIpc) is 2.70. The van der Waals surface area contributed by atoms with E-state index in [1.54, 1.807) is 0 Å². The van der Waals surface area contributed by atoms with Gasteiger partial charge in [-0.15, -0.1) is 24.1 Å². The molecule has 28 heavy (non-hydrogen) atoms. The van der Waals surface area contributed by atoms with E-state index in [4.69, 9.17) is 6.42 Å². The maximum absolute atomic E-state index is 12.1. The highest BCUT2D eigenvalue weighted by Crippen LogP contribution is 2.22. The van der Waals surface area contributed by atoms with Gasteiger partial charge in [-0.25, -0.2) is 0 Å². The Bertz CT molecular complexity index is 547. The van der Waals surface area contributed by atoms with E-state index in [0.29, 0.717) is 6.42 Å². The highest BCUT2D eigenvalue weighted by Gasteiger charge is 2.03. The molecular weight excluding hydrogens is 362 g/mol. The van der Waals surface area contributed by atoms with Crippen molar-refractivity contribution in [3.05, 3.63) is 24.3 Å². The first kappa shape index (κ1) is 24.6. The van der Waals surface area contributed by atoms with Crippen molar-refractivity contribution in [2.75, 3.05) is 11.1 Å². The Kier molecular flexibility index (Phi) is 15.6. The summed E-state index contributed by atoms with van der Waals surface area (Å²) in [5.74, 6) is 3.98. The molecule has 0 aliphatic rings. The third kappa shape index (κ3) is 13.7. The van der Waals surface area contributed by atoms with Crippen LogP contribution in [0.25, 0.3) is 0 Å². The quantitative estimate of drug-likeness (QED) is 0.164. The number of rotatable bonds is 17. The second-order valence-electron chi connectivity index (χ2n) is 7.51. The number of carbonyl (C=O) groups excluding carboxylic acids is 1. The monoisotopic (exact) mass is 401 g/mol. The molecule has 0 saturated carbocycles. The highest BCUT2D eigenvalue weighted by atomic mass is 32.2. The van der Waals surface area contributed by atoms with Crippen LogP contribution >= 0.6 is 11.8 Å². The van der Waals surface area contributed by atoms with Crippen LogP contribution in [0.3, 0.4) is 0 Å². The van der Waals surface area contributed by atoms with E-state index in [0.717, 1.165) is 31.4 Å². The van der Waals surface area contributed by atoms with Gasteiger partial charge in [-0.2, -0.15) is 0 Å². The lowest BCUT2D eigenvalue weighted by atomic mass is 10.1. The van der Waals surface area contributed by atoms with E-state index < -0.39 is 0 Å². The molecule has 0 saturated heterocycles. The number of unbranched alkanes of at least 4 members (excludes halogenated alkanes) is 11. The number of carbonyl (C=O) groups is 1. The van der Waals surface area contributed by atoms with Crippen molar-refractivity contribution in [1.82, 2.24) is 0 Å². The van der Waals surface area contributed by atoms with Crippen LogP contribution in [0.5, 0.6) is 0 Å². The summed E-state index contributed by atoms with van der Waals surface area (Å²) in [5.41, 5.74) is 0.906. The Hall–Kier alpha value is -1.40. The van der Waals surface area contributed by atoms with Gasteiger partial charge in [-0.1, -0.05) is 64.7 Å². The SMILES string of the molecule is C#CCCCCCCCCC(=O)Nc1ccc(SCCCCCCCC)cc1. The van der Waals surface area contributed by atoms with Gasteiger partial charge in [0.05, 0.1) is 0 Å². The van der Waals surface area contributed by atoms with E-state index >= 15 is 0 Å². The van der Waals surface area contributed by atoms with Gasteiger partial charge < -0.3 is 5.32 Å². The molecule has 0 bridgehead atoms. The largest absolute Gasteiger partial charge is 0.326 e. The van der Waals surface area contributed by atoms with Crippen molar-refractivity contribution in [1.29, 1.82) is 0 Å². The summed E-state index contributed by atoms with van der Waals surface area (Å²) in [4.78, 5) is 13.3. The topological polar surface area (TPSA) is 29.1 Å². The van der Waals surface area contributed by atoms with Crippen LogP contribution in [0, 0.1) is 12.3 Å². The Morgan fingerprint density at radius 2 is 1.50 bits per heavy atom. The fourth-order valence-electron chi connectivity index (χ4n) is 3.15. The van der Waals surface area contributed by atoms with Crippen molar-refractivity contribution >= 4 is 23.4 Å². The van der Waals surface area contributed by atoms with Crippen LogP contribution in [0.1, 0.15) is 96.8 Å². The molecule has 0 unspecified atom stereocenters. The molecule has 1 aromatic carbocycles. The van der Waals surface area contributed by atoms with Crippen LogP contribution in [-0.2, 0) is 4.79 Å². The highest BCUT2D eigenvalue weighted by molar-refractivity contribution is 7.99. The van der Waals surface area contributed by atoms with E-state index in [1.165, 1.54) is 68.4 Å². The predicted octanol–water partition coefficient (Wildman–Crippen LogP) is 7.83. The minimum atomic E-state index is 0.125. The molecular formula is C25H39NOS. The molecule has 1 amide bonds. The number of anilines is 1. The zero-order valence-electron chi connectivity index (χ0n) is 17.8. The predicted molar refractivity (Wildman–Crippen MR) is 125 cm³/mol. The van der Waals surface area contributed by atoms with E-state index in [2.05, 4.69) is 30.3 Å². The molecule has 1 N–H and O–H groups in total. The molecule has 0 heterocycles. The standard InChI is InChI=1S/C25H39NOS/c1-3-5-7-9-11-12-13-15-17-25(27)26-23-18-20-24(21-19-23)28-22-16-14-10-8-6-4-2/h1,18-21H,4-17,22H2,2H3,(H,26,27). The lowest BCUT2D eigenvalue weighted by molar-refractivity contribution is -0.116. The molecule has 2 nitrogen and oxygen atoms in total. The molecule has 156 valence electrons. The Balaban J connectivity index is 2.07. The first-order valence-corrected chi connectivity index (χ1v) is 12.2. The zero-order chi connectivity index (χ0) is 20.3. The zero-order valence-corrected chi connectivity index (χ0v) is 18.6. The Morgan fingerprint density at radius 1 is 0.893 bits per heavy atom. The number of terminal acetylenes is 1. The van der Waals surface area contributed by atoms with Crippen LogP contribution in [0.2, 0.25) is 0 Å². The molecule has 1 rings (SSSR count). The number of amides is 1. The molecule has 0 aliphatic heterocycles.